The minimum atomic E-state index is 0.696. The standard InChI is InChI=1S/C13H9N3/c14-16-13-9-5-1-3-7-11(9)15-12-8-4-2-6-10(12)13/h1-8,14H. The van der Waals surface area contributed by atoms with Gasteiger partial charge in [0, 0.05) is 10.8 Å². The van der Waals surface area contributed by atoms with Crippen LogP contribution in [0, 0.1) is 5.53 Å². The Morgan fingerprint density at radius 1 is 0.812 bits per heavy atom. The molecule has 0 fully saturated rings. The molecule has 0 saturated heterocycles. The second-order valence-corrected chi connectivity index (χ2v) is 3.61. The predicted octanol–water partition coefficient (Wildman–Crippen LogP) is 4.05. The van der Waals surface area contributed by atoms with Crippen LogP contribution in [0.3, 0.4) is 0 Å². The van der Waals surface area contributed by atoms with E-state index in [1.54, 1.807) is 0 Å². The van der Waals surface area contributed by atoms with Gasteiger partial charge in [-0.3, -0.25) is 0 Å². The smallest absolute Gasteiger partial charge is 0.104 e. The van der Waals surface area contributed by atoms with Crippen LogP contribution in [0.25, 0.3) is 21.8 Å². The summed E-state index contributed by atoms with van der Waals surface area (Å²) in [7, 11) is 0. The van der Waals surface area contributed by atoms with E-state index in [-0.39, 0.29) is 0 Å². The molecular formula is C13H9N3. The highest BCUT2D eigenvalue weighted by molar-refractivity contribution is 6.05. The Balaban J connectivity index is 2.61. The van der Waals surface area contributed by atoms with E-state index in [0.717, 1.165) is 21.8 Å². The van der Waals surface area contributed by atoms with E-state index in [9.17, 15) is 0 Å². The highest BCUT2D eigenvalue weighted by atomic mass is 15.0. The van der Waals surface area contributed by atoms with E-state index in [2.05, 4.69) is 10.1 Å². The van der Waals surface area contributed by atoms with Crippen molar-refractivity contribution in [3.05, 3.63) is 48.5 Å². The molecule has 0 aliphatic carbocycles. The number of nitrogens with zero attached hydrogens (tertiary/aromatic N) is 2. The molecule has 3 heteroatoms. The number of nitrogens with one attached hydrogen (secondary N) is 1. The molecule has 0 unspecified atom stereocenters. The fourth-order valence-corrected chi connectivity index (χ4v) is 1.94. The van der Waals surface area contributed by atoms with Gasteiger partial charge in [-0.25, -0.2) is 10.5 Å². The maximum absolute atomic E-state index is 7.31. The van der Waals surface area contributed by atoms with Gasteiger partial charge >= 0.3 is 0 Å². The Morgan fingerprint density at radius 3 is 1.81 bits per heavy atom. The molecule has 0 bridgehead atoms. The number of aromatic nitrogens is 1. The maximum Gasteiger partial charge on any atom is 0.104 e. The number of fused-ring (bicyclic) bond motifs is 2. The third-order valence-corrected chi connectivity index (χ3v) is 2.67. The summed E-state index contributed by atoms with van der Waals surface area (Å²) in [4.78, 5) is 4.54. The monoisotopic (exact) mass is 207 g/mol. The first-order valence-electron chi connectivity index (χ1n) is 5.05. The predicted molar refractivity (Wildman–Crippen MR) is 64.1 cm³/mol. The van der Waals surface area contributed by atoms with Gasteiger partial charge in [-0.15, -0.1) is 0 Å². The fourth-order valence-electron chi connectivity index (χ4n) is 1.94. The zero-order valence-corrected chi connectivity index (χ0v) is 8.51. The summed E-state index contributed by atoms with van der Waals surface area (Å²) >= 11 is 0. The quantitative estimate of drug-likeness (QED) is 0.475. The van der Waals surface area contributed by atoms with Crippen LogP contribution >= 0.6 is 0 Å². The summed E-state index contributed by atoms with van der Waals surface area (Å²) in [6.45, 7) is 0. The molecule has 1 N–H and O–H groups in total. The molecule has 3 aromatic rings. The Hall–Kier alpha value is -2.29. The number of benzene rings is 2. The minimum Gasteiger partial charge on any atom is -0.248 e. The Morgan fingerprint density at radius 2 is 1.31 bits per heavy atom. The summed E-state index contributed by atoms with van der Waals surface area (Å²) in [6.07, 6.45) is 0. The van der Waals surface area contributed by atoms with Crippen LogP contribution in [0.2, 0.25) is 0 Å². The summed E-state index contributed by atoms with van der Waals surface area (Å²) in [5.41, 5.74) is 9.76. The van der Waals surface area contributed by atoms with Gasteiger partial charge in [0.1, 0.15) is 5.69 Å². The largest absolute Gasteiger partial charge is 0.248 e. The summed E-state index contributed by atoms with van der Waals surface area (Å²) in [5.74, 6) is 0. The average Bonchev–Trinajstić information content (AvgIpc) is 2.36. The molecule has 0 spiro atoms. The Labute approximate surface area is 92.3 Å². The number of pyridine rings is 1. The van der Waals surface area contributed by atoms with Crippen molar-refractivity contribution in [3.8, 4) is 0 Å². The van der Waals surface area contributed by atoms with Crippen LogP contribution in [0.1, 0.15) is 0 Å². The van der Waals surface area contributed by atoms with Gasteiger partial charge in [0.05, 0.1) is 11.0 Å². The number of hydrogen-bond donors (Lipinski definition) is 1. The lowest BCUT2D eigenvalue weighted by Crippen LogP contribution is -1.82. The summed E-state index contributed by atoms with van der Waals surface area (Å²) < 4.78 is 0. The molecule has 0 aliphatic rings. The van der Waals surface area contributed by atoms with E-state index in [0.29, 0.717) is 5.69 Å². The number of hydrogen-bond acceptors (Lipinski definition) is 3. The van der Waals surface area contributed by atoms with Gasteiger partial charge in [-0.05, 0) is 12.1 Å². The van der Waals surface area contributed by atoms with E-state index in [1.165, 1.54) is 0 Å². The van der Waals surface area contributed by atoms with Crippen molar-refractivity contribution in [3.63, 3.8) is 0 Å². The van der Waals surface area contributed by atoms with Crippen LogP contribution in [0.15, 0.2) is 53.6 Å². The van der Waals surface area contributed by atoms with Crippen molar-refractivity contribution in [2.24, 2.45) is 5.11 Å². The molecular weight excluding hydrogens is 198 g/mol. The van der Waals surface area contributed by atoms with E-state index < -0.39 is 0 Å². The van der Waals surface area contributed by atoms with Crippen LogP contribution < -0.4 is 0 Å². The first-order valence-corrected chi connectivity index (χ1v) is 5.05. The molecule has 1 aromatic heterocycles. The lowest BCUT2D eigenvalue weighted by atomic mass is 10.1. The molecule has 76 valence electrons. The normalized spacial score (nSPS) is 10.8. The summed E-state index contributed by atoms with van der Waals surface area (Å²) in [6, 6.07) is 15.5. The minimum absolute atomic E-state index is 0.696. The van der Waals surface area contributed by atoms with Crippen LogP contribution in [-0.2, 0) is 0 Å². The molecule has 3 rings (SSSR count). The van der Waals surface area contributed by atoms with Crippen molar-refractivity contribution in [1.29, 1.82) is 5.53 Å². The van der Waals surface area contributed by atoms with Gasteiger partial charge < -0.3 is 0 Å². The second kappa shape index (κ2) is 3.38. The molecule has 0 aliphatic heterocycles. The van der Waals surface area contributed by atoms with Gasteiger partial charge in [-0.2, -0.15) is 5.11 Å². The van der Waals surface area contributed by atoms with Crippen molar-refractivity contribution in [2.45, 2.75) is 0 Å². The molecule has 0 amide bonds. The van der Waals surface area contributed by atoms with E-state index in [1.807, 2.05) is 48.5 Å². The first kappa shape index (κ1) is 8.97. The highest BCUT2D eigenvalue weighted by Gasteiger charge is 2.06. The van der Waals surface area contributed by atoms with Crippen molar-refractivity contribution < 1.29 is 0 Å². The van der Waals surface area contributed by atoms with Crippen molar-refractivity contribution in [1.82, 2.24) is 4.98 Å². The van der Waals surface area contributed by atoms with E-state index >= 15 is 0 Å². The topological polar surface area (TPSA) is 49.1 Å². The van der Waals surface area contributed by atoms with Gasteiger partial charge in [-0.1, -0.05) is 36.4 Å². The lowest BCUT2D eigenvalue weighted by Gasteiger charge is -2.04. The van der Waals surface area contributed by atoms with Crippen LogP contribution in [0.4, 0.5) is 5.69 Å². The lowest BCUT2D eigenvalue weighted by molar-refractivity contribution is 1.16. The highest BCUT2D eigenvalue weighted by Crippen LogP contribution is 2.32. The average molecular weight is 207 g/mol. The zero-order chi connectivity index (χ0) is 11.0. The van der Waals surface area contributed by atoms with Crippen LogP contribution in [-0.4, -0.2) is 4.98 Å². The Bertz CT molecular complexity index is 635. The number of rotatable bonds is 1. The van der Waals surface area contributed by atoms with Gasteiger partial charge in [0.15, 0.2) is 0 Å². The zero-order valence-electron chi connectivity index (χ0n) is 8.51. The Kier molecular flexibility index (Phi) is 1.90. The molecule has 0 atom stereocenters. The molecule has 3 nitrogen and oxygen atoms in total. The molecule has 1 heterocycles. The molecule has 0 saturated carbocycles. The maximum atomic E-state index is 7.31. The first-order chi connectivity index (χ1) is 7.90. The number of para-hydroxylation sites is 2. The second-order valence-electron chi connectivity index (χ2n) is 3.61. The molecule has 16 heavy (non-hydrogen) atoms. The fraction of sp³-hybridized carbons (Fsp3) is 0. The summed E-state index contributed by atoms with van der Waals surface area (Å²) in [5, 5.41) is 5.49. The van der Waals surface area contributed by atoms with Crippen molar-refractivity contribution in [2.75, 3.05) is 0 Å². The van der Waals surface area contributed by atoms with Crippen LogP contribution in [0.5, 0.6) is 0 Å². The molecule has 2 aromatic carbocycles. The third kappa shape index (κ3) is 1.18. The van der Waals surface area contributed by atoms with Gasteiger partial charge in [0.2, 0.25) is 0 Å². The van der Waals surface area contributed by atoms with Gasteiger partial charge in [0.25, 0.3) is 0 Å². The van der Waals surface area contributed by atoms with Crippen molar-refractivity contribution >= 4 is 27.5 Å². The third-order valence-electron chi connectivity index (χ3n) is 2.67. The molecule has 0 radical (unpaired) electrons. The SMILES string of the molecule is N=Nc1c2ccccc2nc2ccccc12. The van der Waals surface area contributed by atoms with E-state index in [4.69, 9.17) is 5.53 Å².